The molecule has 4 rings (SSSR count). The highest BCUT2D eigenvalue weighted by molar-refractivity contribution is 5.92. The summed E-state index contributed by atoms with van der Waals surface area (Å²) in [6.45, 7) is 9.91. The minimum atomic E-state index is -0.320. The zero-order chi connectivity index (χ0) is 23.0. The average molecular weight is 434 g/mol. The van der Waals surface area contributed by atoms with Crippen molar-refractivity contribution in [1.29, 1.82) is 0 Å². The van der Waals surface area contributed by atoms with Crippen molar-refractivity contribution >= 4 is 22.8 Å². The van der Waals surface area contributed by atoms with Crippen LogP contribution in [-0.4, -0.2) is 42.0 Å². The fourth-order valence-corrected chi connectivity index (χ4v) is 3.45. The Kier molecular flexibility index (Phi) is 5.41. The molecule has 0 unspecified atom stereocenters. The second-order valence-corrected chi connectivity index (χ2v) is 8.81. The number of aryl methyl sites for hydroxylation is 3. The lowest BCUT2D eigenvalue weighted by atomic mass is 9.92. The second-order valence-electron chi connectivity index (χ2n) is 8.81. The van der Waals surface area contributed by atoms with E-state index in [0.717, 1.165) is 28.0 Å². The SMILES string of the molecule is Cc1cc(C)c2c(OCC(=O)Nc3cc(C(C)(C)C)nn3-c3ccccn3)nn(C)c2n1. The zero-order valence-electron chi connectivity index (χ0n) is 19.2. The fourth-order valence-electron chi connectivity index (χ4n) is 3.45. The van der Waals surface area contributed by atoms with Crippen LogP contribution in [0.2, 0.25) is 0 Å². The summed E-state index contributed by atoms with van der Waals surface area (Å²) in [4.78, 5) is 21.6. The molecule has 0 bridgehead atoms. The van der Waals surface area contributed by atoms with Gasteiger partial charge in [0.05, 0.1) is 11.1 Å². The van der Waals surface area contributed by atoms with E-state index >= 15 is 0 Å². The van der Waals surface area contributed by atoms with E-state index < -0.39 is 0 Å². The van der Waals surface area contributed by atoms with Gasteiger partial charge in [-0.1, -0.05) is 26.8 Å². The number of carbonyl (C=O) groups is 1. The number of rotatable bonds is 5. The number of nitrogens with one attached hydrogen (secondary N) is 1. The van der Waals surface area contributed by atoms with Crippen LogP contribution >= 0.6 is 0 Å². The van der Waals surface area contributed by atoms with Crippen LogP contribution in [0.4, 0.5) is 5.82 Å². The molecule has 0 aliphatic rings. The molecule has 4 aromatic rings. The Hall–Kier alpha value is -3.75. The molecule has 166 valence electrons. The van der Waals surface area contributed by atoms with Crippen LogP contribution in [0.15, 0.2) is 36.5 Å². The molecular formula is C23H27N7O2. The molecule has 4 aromatic heterocycles. The van der Waals surface area contributed by atoms with Crippen LogP contribution in [0, 0.1) is 13.8 Å². The first-order valence-corrected chi connectivity index (χ1v) is 10.4. The van der Waals surface area contributed by atoms with Crippen LogP contribution in [0.3, 0.4) is 0 Å². The number of aromatic nitrogens is 6. The number of pyridine rings is 2. The number of fused-ring (bicyclic) bond motifs is 1. The van der Waals surface area contributed by atoms with E-state index in [9.17, 15) is 4.79 Å². The molecule has 0 saturated heterocycles. The quantitative estimate of drug-likeness (QED) is 0.517. The molecule has 0 fully saturated rings. The highest BCUT2D eigenvalue weighted by Crippen LogP contribution is 2.28. The smallest absolute Gasteiger partial charge is 0.263 e. The van der Waals surface area contributed by atoms with Crippen molar-refractivity contribution in [3.63, 3.8) is 0 Å². The number of ether oxygens (including phenoxy) is 1. The van der Waals surface area contributed by atoms with E-state index in [1.807, 2.05) is 44.2 Å². The number of hydrogen-bond donors (Lipinski definition) is 1. The van der Waals surface area contributed by atoms with Gasteiger partial charge < -0.3 is 10.1 Å². The summed E-state index contributed by atoms with van der Waals surface area (Å²) in [6, 6.07) is 9.37. The molecular weight excluding hydrogens is 406 g/mol. The van der Waals surface area contributed by atoms with Gasteiger partial charge in [-0.2, -0.15) is 9.78 Å². The molecule has 0 saturated carbocycles. The summed E-state index contributed by atoms with van der Waals surface area (Å²) in [5.74, 6) is 1.21. The number of nitrogens with zero attached hydrogens (tertiary/aromatic N) is 6. The van der Waals surface area contributed by atoms with Gasteiger partial charge in [-0.05, 0) is 37.6 Å². The Morgan fingerprint density at radius 3 is 2.62 bits per heavy atom. The minimum Gasteiger partial charge on any atom is -0.466 e. The zero-order valence-corrected chi connectivity index (χ0v) is 19.2. The molecule has 0 atom stereocenters. The topological polar surface area (TPSA) is 99.7 Å². The predicted octanol–water partition coefficient (Wildman–Crippen LogP) is 3.48. The van der Waals surface area contributed by atoms with Gasteiger partial charge in [0.1, 0.15) is 5.82 Å². The largest absolute Gasteiger partial charge is 0.466 e. The van der Waals surface area contributed by atoms with Gasteiger partial charge in [-0.3, -0.25) is 4.79 Å². The number of anilines is 1. The normalized spacial score (nSPS) is 11.7. The van der Waals surface area contributed by atoms with Crippen molar-refractivity contribution in [2.45, 2.75) is 40.0 Å². The summed E-state index contributed by atoms with van der Waals surface area (Å²) in [5.41, 5.74) is 3.28. The standard InChI is InChI=1S/C23H27N7O2/c1-14-11-15(2)25-21-20(14)22(28-29(21)6)32-13-19(31)26-18-12-16(23(3,4)5)27-30(18)17-9-7-8-10-24-17/h7-12H,13H2,1-6H3,(H,26,31). The lowest BCUT2D eigenvalue weighted by molar-refractivity contribution is -0.118. The van der Waals surface area contributed by atoms with Crippen molar-refractivity contribution in [3.05, 3.63) is 53.5 Å². The Balaban J connectivity index is 1.57. The van der Waals surface area contributed by atoms with Gasteiger partial charge >= 0.3 is 0 Å². The third kappa shape index (κ3) is 4.18. The fraction of sp³-hybridized carbons (Fsp3) is 0.348. The molecule has 9 nitrogen and oxygen atoms in total. The molecule has 0 aromatic carbocycles. The highest BCUT2D eigenvalue weighted by Gasteiger charge is 2.22. The predicted molar refractivity (Wildman–Crippen MR) is 122 cm³/mol. The number of amides is 1. The van der Waals surface area contributed by atoms with Gasteiger partial charge in [0.2, 0.25) is 5.88 Å². The van der Waals surface area contributed by atoms with Crippen molar-refractivity contribution in [2.24, 2.45) is 7.05 Å². The summed E-state index contributed by atoms with van der Waals surface area (Å²) in [5, 5.41) is 12.8. The maximum Gasteiger partial charge on any atom is 0.263 e. The van der Waals surface area contributed by atoms with E-state index in [-0.39, 0.29) is 17.9 Å². The van der Waals surface area contributed by atoms with E-state index in [4.69, 9.17) is 4.74 Å². The maximum absolute atomic E-state index is 12.8. The molecule has 1 N–H and O–H groups in total. The third-order valence-corrected chi connectivity index (χ3v) is 5.04. The monoisotopic (exact) mass is 433 g/mol. The minimum absolute atomic E-state index is 0.189. The van der Waals surface area contributed by atoms with Gasteiger partial charge in [0.25, 0.3) is 5.91 Å². The first-order valence-electron chi connectivity index (χ1n) is 10.4. The second kappa shape index (κ2) is 8.07. The third-order valence-electron chi connectivity index (χ3n) is 5.04. The summed E-state index contributed by atoms with van der Waals surface area (Å²) in [6.07, 6.45) is 1.69. The van der Waals surface area contributed by atoms with Crippen molar-refractivity contribution < 1.29 is 9.53 Å². The molecule has 0 aliphatic heterocycles. The summed E-state index contributed by atoms with van der Waals surface area (Å²) in [7, 11) is 1.81. The molecule has 9 heteroatoms. The van der Waals surface area contributed by atoms with Crippen LogP contribution in [0.5, 0.6) is 5.88 Å². The van der Waals surface area contributed by atoms with Gasteiger partial charge in [0, 0.05) is 30.4 Å². The summed E-state index contributed by atoms with van der Waals surface area (Å²) < 4.78 is 9.08. The Morgan fingerprint density at radius 1 is 1.16 bits per heavy atom. The number of hydrogen-bond acceptors (Lipinski definition) is 6. The van der Waals surface area contributed by atoms with Crippen LogP contribution in [0.1, 0.15) is 37.7 Å². The molecule has 4 heterocycles. The van der Waals surface area contributed by atoms with Crippen LogP contribution in [-0.2, 0) is 17.3 Å². The van der Waals surface area contributed by atoms with Gasteiger partial charge in [0.15, 0.2) is 18.1 Å². The Morgan fingerprint density at radius 2 is 1.94 bits per heavy atom. The maximum atomic E-state index is 12.8. The first kappa shape index (κ1) is 21.5. The van der Waals surface area contributed by atoms with Crippen molar-refractivity contribution in [1.82, 2.24) is 29.5 Å². The van der Waals surface area contributed by atoms with Crippen LogP contribution in [0.25, 0.3) is 16.9 Å². The molecule has 32 heavy (non-hydrogen) atoms. The highest BCUT2D eigenvalue weighted by atomic mass is 16.5. The van der Waals surface area contributed by atoms with Gasteiger partial charge in [-0.15, -0.1) is 5.10 Å². The van der Waals surface area contributed by atoms with Crippen LogP contribution < -0.4 is 10.1 Å². The molecule has 0 aliphatic carbocycles. The first-order chi connectivity index (χ1) is 15.1. The van der Waals surface area contributed by atoms with Crippen molar-refractivity contribution in [3.8, 4) is 11.7 Å². The lowest BCUT2D eigenvalue weighted by Crippen LogP contribution is -2.22. The number of carbonyl (C=O) groups excluding carboxylic acids is 1. The lowest BCUT2D eigenvalue weighted by Gasteiger charge is -2.13. The summed E-state index contributed by atoms with van der Waals surface area (Å²) >= 11 is 0. The van der Waals surface area contributed by atoms with E-state index in [1.165, 1.54) is 0 Å². The van der Waals surface area contributed by atoms with Gasteiger partial charge in [-0.25, -0.2) is 14.6 Å². The Bertz CT molecular complexity index is 1280. The average Bonchev–Trinajstić information content (AvgIpc) is 3.28. The van der Waals surface area contributed by atoms with E-state index in [0.29, 0.717) is 17.5 Å². The van der Waals surface area contributed by atoms with E-state index in [1.54, 1.807) is 22.6 Å². The Labute approximate surface area is 186 Å². The molecule has 0 spiro atoms. The van der Waals surface area contributed by atoms with Crippen molar-refractivity contribution in [2.75, 3.05) is 11.9 Å². The molecule has 1 amide bonds. The van der Waals surface area contributed by atoms with E-state index in [2.05, 4.69) is 46.3 Å². The molecule has 0 radical (unpaired) electrons.